The fraction of sp³-hybridized carbons (Fsp3) is 0.391. The Morgan fingerprint density at radius 3 is 2.27 bits per heavy atom. The molecule has 180 valence electrons. The first-order valence-electron chi connectivity index (χ1n) is 10.4. The van der Waals surface area contributed by atoms with Crippen LogP contribution in [0.25, 0.3) is 0 Å². The lowest BCUT2D eigenvalue weighted by Gasteiger charge is -2.31. The molecule has 33 heavy (non-hydrogen) atoms. The summed E-state index contributed by atoms with van der Waals surface area (Å²) >= 11 is 5.95. The third kappa shape index (κ3) is 8.01. The van der Waals surface area contributed by atoms with Gasteiger partial charge in [-0.05, 0) is 48.7 Å². The van der Waals surface area contributed by atoms with Gasteiger partial charge in [0, 0.05) is 18.1 Å². The molecule has 7 nitrogen and oxygen atoms in total. The molecule has 2 amide bonds. The molecule has 0 unspecified atom stereocenters. The van der Waals surface area contributed by atoms with Crippen LogP contribution in [0.15, 0.2) is 48.5 Å². The van der Waals surface area contributed by atoms with Crippen LogP contribution in [0, 0.1) is 11.7 Å². The van der Waals surface area contributed by atoms with Crippen molar-refractivity contribution >= 4 is 39.1 Å². The van der Waals surface area contributed by atoms with Gasteiger partial charge in [0.15, 0.2) is 0 Å². The fourth-order valence-electron chi connectivity index (χ4n) is 3.07. The van der Waals surface area contributed by atoms with Crippen LogP contribution in [-0.4, -0.2) is 50.5 Å². The zero-order valence-electron chi connectivity index (χ0n) is 19.1. The van der Waals surface area contributed by atoms with Crippen molar-refractivity contribution in [1.29, 1.82) is 0 Å². The first-order valence-corrected chi connectivity index (χ1v) is 12.7. The summed E-state index contributed by atoms with van der Waals surface area (Å²) in [5, 5.41) is 3.32. The van der Waals surface area contributed by atoms with Crippen LogP contribution in [0.3, 0.4) is 0 Å². The highest BCUT2D eigenvalue weighted by atomic mass is 35.5. The molecule has 1 atom stereocenters. The summed E-state index contributed by atoms with van der Waals surface area (Å²) in [5.41, 5.74) is 0.738. The second kappa shape index (κ2) is 11.5. The van der Waals surface area contributed by atoms with E-state index in [0.717, 1.165) is 16.6 Å². The van der Waals surface area contributed by atoms with Crippen molar-refractivity contribution in [3.8, 4) is 0 Å². The standard InChI is InChI=1S/C23H29ClFN3O4S/c1-16(2)13-26-23(30)17(3)27(14-18-8-10-19(24)11-9-18)22(29)15-28(33(4,31)32)21-7-5-6-20(25)12-21/h5-12,16-17H,13-15H2,1-4H3,(H,26,30)/t17-/m1/s1. The van der Waals surface area contributed by atoms with Crippen molar-refractivity contribution < 1.29 is 22.4 Å². The van der Waals surface area contributed by atoms with Gasteiger partial charge in [0.05, 0.1) is 11.9 Å². The molecule has 0 heterocycles. The van der Waals surface area contributed by atoms with Gasteiger partial charge in [-0.15, -0.1) is 0 Å². The number of carbonyl (C=O) groups is 2. The molecule has 2 aromatic carbocycles. The Labute approximate surface area is 199 Å². The summed E-state index contributed by atoms with van der Waals surface area (Å²) in [6.07, 6.45) is 0.938. The van der Waals surface area contributed by atoms with E-state index in [0.29, 0.717) is 17.1 Å². The van der Waals surface area contributed by atoms with Gasteiger partial charge in [-0.3, -0.25) is 13.9 Å². The summed E-state index contributed by atoms with van der Waals surface area (Å²) in [5.74, 6) is -1.38. The van der Waals surface area contributed by atoms with E-state index >= 15 is 0 Å². The zero-order valence-corrected chi connectivity index (χ0v) is 20.7. The number of nitrogens with one attached hydrogen (secondary N) is 1. The molecule has 2 aromatic rings. The maximum Gasteiger partial charge on any atom is 0.244 e. The van der Waals surface area contributed by atoms with Gasteiger partial charge in [-0.25, -0.2) is 12.8 Å². The van der Waals surface area contributed by atoms with E-state index < -0.39 is 34.3 Å². The van der Waals surface area contributed by atoms with Crippen LogP contribution in [0.2, 0.25) is 5.02 Å². The van der Waals surface area contributed by atoms with E-state index in [9.17, 15) is 22.4 Å². The lowest BCUT2D eigenvalue weighted by Crippen LogP contribution is -2.51. The molecule has 0 aliphatic carbocycles. The lowest BCUT2D eigenvalue weighted by atomic mass is 10.1. The van der Waals surface area contributed by atoms with Crippen molar-refractivity contribution in [3.63, 3.8) is 0 Å². The number of sulfonamides is 1. The molecule has 0 saturated carbocycles. The lowest BCUT2D eigenvalue weighted by molar-refractivity contribution is -0.139. The minimum atomic E-state index is -3.91. The molecular weight excluding hydrogens is 469 g/mol. The third-order valence-electron chi connectivity index (χ3n) is 4.89. The summed E-state index contributed by atoms with van der Waals surface area (Å²) in [6, 6.07) is 10.9. The highest BCUT2D eigenvalue weighted by molar-refractivity contribution is 7.92. The Bertz CT molecular complexity index is 1080. The van der Waals surface area contributed by atoms with Crippen molar-refractivity contribution in [1.82, 2.24) is 10.2 Å². The molecule has 0 spiro atoms. The SMILES string of the molecule is CC(C)CNC(=O)[C@@H](C)N(Cc1ccc(Cl)cc1)C(=O)CN(c1cccc(F)c1)S(C)(=O)=O. The largest absolute Gasteiger partial charge is 0.354 e. The summed E-state index contributed by atoms with van der Waals surface area (Å²) in [7, 11) is -3.91. The predicted octanol–water partition coefficient (Wildman–Crippen LogP) is 3.43. The smallest absolute Gasteiger partial charge is 0.244 e. The van der Waals surface area contributed by atoms with Gasteiger partial charge in [0.2, 0.25) is 21.8 Å². The number of rotatable bonds is 10. The quantitative estimate of drug-likeness (QED) is 0.544. The van der Waals surface area contributed by atoms with Gasteiger partial charge < -0.3 is 10.2 Å². The number of nitrogens with zero attached hydrogens (tertiary/aromatic N) is 2. The first-order chi connectivity index (χ1) is 15.4. The molecule has 1 N–H and O–H groups in total. The number of halogens is 2. The van der Waals surface area contributed by atoms with Gasteiger partial charge >= 0.3 is 0 Å². The Balaban J connectivity index is 2.35. The molecule has 0 fully saturated rings. The van der Waals surface area contributed by atoms with E-state index in [-0.39, 0.29) is 24.1 Å². The molecule has 10 heteroatoms. The van der Waals surface area contributed by atoms with E-state index in [2.05, 4.69) is 5.32 Å². The number of hydrogen-bond acceptors (Lipinski definition) is 4. The third-order valence-corrected chi connectivity index (χ3v) is 6.29. The number of carbonyl (C=O) groups excluding carboxylic acids is 2. The number of amides is 2. The molecular formula is C23H29ClFN3O4S. The Hall–Kier alpha value is -2.65. The Kier molecular flexibility index (Phi) is 9.25. The van der Waals surface area contributed by atoms with Gasteiger partial charge in [-0.2, -0.15) is 0 Å². The van der Waals surface area contributed by atoms with Crippen molar-refractivity contribution in [2.24, 2.45) is 5.92 Å². The van der Waals surface area contributed by atoms with Crippen molar-refractivity contribution in [2.45, 2.75) is 33.4 Å². The van der Waals surface area contributed by atoms with E-state index in [1.807, 2.05) is 13.8 Å². The monoisotopic (exact) mass is 497 g/mol. The number of hydrogen-bond donors (Lipinski definition) is 1. The van der Waals surface area contributed by atoms with E-state index in [1.54, 1.807) is 31.2 Å². The average Bonchev–Trinajstić information content (AvgIpc) is 2.73. The van der Waals surface area contributed by atoms with Crippen molar-refractivity contribution in [2.75, 3.05) is 23.7 Å². The molecule has 0 aliphatic rings. The molecule has 0 bridgehead atoms. The van der Waals surface area contributed by atoms with Crippen molar-refractivity contribution in [3.05, 3.63) is 64.9 Å². The number of anilines is 1. The van der Waals surface area contributed by atoms with Gasteiger partial charge in [0.1, 0.15) is 18.4 Å². The Morgan fingerprint density at radius 2 is 1.73 bits per heavy atom. The van der Waals surface area contributed by atoms with Gasteiger partial charge in [0.25, 0.3) is 0 Å². The number of benzene rings is 2. The average molecular weight is 498 g/mol. The maximum atomic E-state index is 13.7. The molecule has 2 rings (SSSR count). The second-order valence-corrected chi connectivity index (χ2v) is 10.6. The van der Waals surface area contributed by atoms with Crippen LogP contribution in [0.4, 0.5) is 10.1 Å². The Morgan fingerprint density at radius 1 is 1.09 bits per heavy atom. The fourth-order valence-corrected chi connectivity index (χ4v) is 4.03. The van der Waals surface area contributed by atoms with Crippen LogP contribution >= 0.6 is 11.6 Å². The molecule has 0 saturated heterocycles. The predicted molar refractivity (Wildman–Crippen MR) is 128 cm³/mol. The van der Waals surface area contributed by atoms with Gasteiger partial charge in [-0.1, -0.05) is 43.6 Å². The normalized spacial score (nSPS) is 12.3. The topological polar surface area (TPSA) is 86.8 Å². The molecule has 0 aromatic heterocycles. The van der Waals surface area contributed by atoms with Crippen LogP contribution in [-0.2, 0) is 26.2 Å². The van der Waals surface area contributed by atoms with E-state index in [1.165, 1.54) is 23.1 Å². The zero-order chi connectivity index (χ0) is 24.8. The highest BCUT2D eigenvalue weighted by Crippen LogP contribution is 2.20. The molecule has 0 aliphatic heterocycles. The molecule has 0 radical (unpaired) electrons. The maximum absolute atomic E-state index is 13.7. The summed E-state index contributed by atoms with van der Waals surface area (Å²) < 4.78 is 39.4. The van der Waals surface area contributed by atoms with E-state index in [4.69, 9.17) is 11.6 Å². The summed E-state index contributed by atoms with van der Waals surface area (Å²) in [6.45, 7) is 5.39. The van der Waals surface area contributed by atoms with Crippen LogP contribution in [0.5, 0.6) is 0 Å². The second-order valence-electron chi connectivity index (χ2n) is 8.21. The minimum absolute atomic E-state index is 0.0224. The van der Waals surface area contributed by atoms with Crippen LogP contribution in [0.1, 0.15) is 26.3 Å². The van der Waals surface area contributed by atoms with Crippen LogP contribution < -0.4 is 9.62 Å². The first kappa shape index (κ1) is 26.6. The summed E-state index contributed by atoms with van der Waals surface area (Å²) in [4.78, 5) is 27.4. The minimum Gasteiger partial charge on any atom is -0.354 e. The highest BCUT2D eigenvalue weighted by Gasteiger charge is 2.30.